The molecule has 0 unspecified atom stereocenters. The Morgan fingerprint density at radius 3 is 2.74 bits per heavy atom. The molecule has 3 nitrogen and oxygen atoms in total. The molecular weight excluding hydrogens is 308 g/mol. The Hall–Kier alpha value is -1.97. The molecule has 0 radical (unpaired) electrons. The van der Waals surface area contributed by atoms with Gasteiger partial charge in [0.2, 0.25) is 0 Å². The number of aromatic nitrogens is 1. The van der Waals surface area contributed by atoms with Gasteiger partial charge >= 0.3 is 0 Å². The van der Waals surface area contributed by atoms with Crippen molar-refractivity contribution >= 4 is 23.0 Å². The predicted octanol–water partition coefficient (Wildman–Crippen LogP) is 3.66. The Morgan fingerprint density at radius 1 is 1.09 bits per heavy atom. The number of halogens is 1. The van der Waals surface area contributed by atoms with Crippen LogP contribution in [0.2, 0.25) is 5.02 Å². The van der Waals surface area contributed by atoms with Gasteiger partial charge in [0, 0.05) is 28.8 Å². The van der Waals surface area contributed by atoms with Crippen molar-refractivity contribution in [3.05, 3.63) is 69.5 Å². The number of pyridine rings is 1. The van der Waals surface area contributed by atoms with Gasteiger partial charge in [-0.2, -0.15) is 0 Å². The zero-order valence-corrected chi connectivity index (χ0v) is 13.5. The average molecular weight is 325 g/mol. The number of benzene rings is 1. The van der Waals surface area contributed by atoms with Crippen LogP contribution in [0, 0.1) is 0 Å². The van der Waals surface area contributed by atoms with Crippen LogP contribution in [0.5, 0.6) is 0 Å². The fraction of sp³-hybridized carbons (Fsp3) is 0.263. The summed E-state index contributed by atoms with van der Waals surface area (Å²) in [6.45, 7) is 1.94. The molecular formula is C19H17ClN2O. The maximum Gasteiger partial charge on any atom is 0.167 e. The molecule has 1 aromatic heterocycles. The van der Waals surface area contributed by atoms with E-state index in [1.54, 1.807) is 6.07 Å². The van der Waals surface area contributed by atoms with Gasteiger partial charge in [0.1, 0.15) is 0 Å². The molecule has 0 amide bonds. The first-order valence-corrected chi connectivity index (χ1v) is 8.32. The monoisotopic (exact) mass is 324 g/mol. The molecule has 2 aromatic rings. The van der Waals surface area contributed by atoms with Gasteiger partial charge in [-0.15, -0.1) is 0 Å². The van der Waals surface area contributed by atoms with E-state index in [-0.39, 0.29) is 5.78 Å². The van der Waals surface area contributed by atoms with Crippen LogP contribution in [0.15, 0.2) is 42.1 Å². The number of rotatable bonds is 0. The lowest BCUT2D eigenvalue weighted by Gasteiger charge is -2.21. The van der Waals surface area contributed by atoms with Crippen LogP contribution >= 0.6 is 11.6 Å². The van der Waals surface area contributed by atoms with Gasteiger partial charge < -0.3 is 5.32 Å². The summed E-state index contributed by atoms with van der Waals surface area (Å²) < 4.78 is 0. The quantitative estimate of drug-likeness (QED) is 0.804. The lowest BCUT2D eigenvalue weighted by Crippen LogP contribution is -2.24. The van der Waals surface area contributed by atoms with E-state index in [1.807, 2.05) is 30.5 Å². The standard InChI is InChI=1S/C19H17ClN2O/c20-14-3-4-15-16(11-14)17(23)10-13-2-1-7-22-19(13)18(15)12-5-8-21-9-6-12/h1-4,7,11,21H,5-6,8-10H2. The van der Waals surface area contributed by atoms with Gasteiger partial charge in [-0.3, -0.25) is 9.78 Å². The van der Waals surface area contributed by atoms with Gasteiger partial charge in [-0.25, -0.2) is 0 Å². The minimum atomic E-state index is 0.112. The molecule has 1 aromatic carbocycles. The van der Waals surface area contributed by atoms with Gasteiger partial charge in [0.15, 0.2) is 5.78 Å². The topological polar surface area (TPSA) is 42.0 Å². The van der Waals surface area contributed by atoms with E-state index in [4.69, 9.17) is 11.6 Å². The second-order valence-corrected chi connectivity index (χ2v) is 6.47. The summed E-state index contributed by atoms with van der Waals surface area (Å²) >= 11 is 6.15. The van der Waals surface area contributed by atoms with Crippen molar-refractivity contribution in [1.82, 2.24) is 10.3 Å². The fourth-order valence-electron chi connectivity index (χ4n) is 3.50. The van der Waals surface area contributed by atoms with E-state index >= 15 is 0 Å². The molecule has 0 bridgehead atoms. The Labute approximate surface area is 140 Å². The molecule has 23 heavy (non-hydrogen) atoms. The average Bonchev–Trinajstić information content (AvgIpc) is 2.70. The first kappa shape index (κ1) is 14.6. The zero-order chi connectivity index (χ0) is 15.8. The number of nitrogens with zero attached hydrogens (tertiary/aromatic N) is 1. The molecule has 116 valence electrons. The fourth-order valence-corrected chi connectivity index (χ4v) is 3.68. The van der Waals surface area contributed by atoms with Crippen molar-refractivity contribution in [2.75, 3.05) is 13.1 Å². The summed E-state index contributed by atoms with van der Waals surface area (Å²) in [5.41, 5.74) is 6.18. The number of ketones is 1. The number of piperidine rings is 1. The Morgan fingerprint density at radius 2 is 1.91 bits per heavy atom. The molecule has 0 saturated carbocycles. The van der Waals surface area contributed by atoms with Crippen LogP contribution in [0.3, 0.4) is 0 Å². The maximum absolute atomic E-state index is 12.7. The van der Waals surface area contributed by atoms with Crippen molar-refractivity contribution in [2.24, 2.45) is 0 Å². The number of fused-ring (bicyclic) bond motifs is 2. The summed E-state index contributed by atoms with van der Waals surface area (Å²) in [7, 11) is 0. The van der Waals surface area contributed by atoms with Crippen LogP contribution < -0.4 is 5.32 Å². The summed E-state index contributed by atoms with van der Waals surface area (Å²) in [5, 5.41) is 4.00. The molecule has 0 atom stereocenters. The molecule has 2 heterocycles. The number of carbonyl (C=O) groups is 1. The predicted molar refractivity (Wildman–Crippen MR) is 91.8 cm³/mol. The van der Waals surface area contributed by atoms with E-state index in [1.165, 1.54) is 5.57 Å². The third-order valence-corrected chi connectivity index (χ3v) is 4.83. The van der Waals surface area contributed by atoms with Gasteiger partial charge in [0.05, 0.1) is 5.69 Å². The Kier molecular flexibility index (Phi) is 3.76. The molecule has 4 heteroatoms. The molecule has 1 aliphatic carbocycles. The Balaban J connectivity index is 2.03. The third-order valence-electron chi connectivity index (χ3n) is 4.59. The minimum Gasteiger partial charge on any atom is -0.316 e. The van der Waals surface area contributed by atoms with E-state index in [0.29, 0.717) is 11.4 Å². The summed E-state index contributed by atoms with van der Waals surface area (Å²) in [6.07, 6.45) is 4.17. The second-order valence-electron chi connectivity index (χ2n) is 6.03. The van der Waals surface area contributed by atoms with Crippen LogP contribution in [0.4, 0.5) is 0 Å². The highest BCUT2D eigenvalue weighted by Crippen LogP contribution is 2.37. The first-order valence-electron chi connectivity index (χ1n) is 7.94. The molecule has 1 aliphatic heterocycles. The molecule has 1 N–H and O–H groups in total. The van der Waals surface area contributed by atoms with E-state index in [0.717, 1.165) is 53.9 Å². The summed E-state index contributed by atoms with van der Waals surface area (Å²) in [6, 6.07) is 9.55. The molecule has 4 rings (SSSR count). The first-order chi connectivity index (χ1) is 11.2. The number of Topliss-reactive ketones (excluding diaryl/α,β-unsaturated/α-hetero) is 1. The summed E-state index contributed by atoms with van der Waals surface area (Å²) in [4.78, 5) is 17.4. The lowest BCUT2D eigenvalue weighted by molar-refractivity contribution is 0.0993. The van der Waals surface area contributed by atoms with Crippen molar-refractivity contribution in [2.45, 2.75) is 19.3 Å². The molecule has 0 spiro atoms. The number of nitrogens with one attached hydrogen (secondary N) is 1. The highest BCUT2D eigenvalue weighted by atomic mass is 35.5. The van der Waals surface area contributed by atoms with Crippen molar-refractivity contribution in [3.63, 3.8) is 0 Å². The van der Waals surface area contributed by atoms with Gasteiger partial charge in [-0.05, 0) is 55.3 Å². The van der Waals surface area contributed by atoms with Crippen molar-refractivity contribution in [3.8, 4) is 0 Å². The van der Waals surface area contributed by atoms with Crippen LogP contribution in [-0.4, -0.2) is 23.9 Å². The Bertz CT molecular complexity index is 818. The SMILES string of the molecule is O=C1Cc2cccnc2C(=C2CCNCC2)c2ccc(Cl)cc21. The molecule has 2 aliphatic rings. The molecule has 1 saturated heterocycles. The number of hydrogen-bond donors (Lipinski definition) is 1. The largest absolute Gasteiger partial charge is 0.316 e. The lowest BCUT2D eigenvalue weighted by atomic mass is 9.89. The van der Waals surface area contributed by atoms with E-state index in [2.05, 4.69) is 10.3 Å². The van der Waals surface area contributed by atoms with E-state index < -0.39 is 0 Å². The van der Waals surface area contributed by atoms with Crippen molar-refractivity contribution < 1.29 is 4.79 Å². The minimum absolute atomic E-state index is 0.112. The smallest absolute Gasteiger partial charge is 0.167 e. The zero-order valence-electron chi connectivity index (χ0n) is 12.7. The van der Waals surface area contributed by atoms with E-state index in [9.17, 15) is 4.79 Å². The highest BCUT2D eigenvalue weighted by Gasteiger charge is 2.27. The second kappa shape index (κ2) is 5.91. The number of hydrogen-bond acceptors (Lipinski definition) is 3. The maximum atomic E-state index is 12.7. The normalized spacial score (nSPS) is 17.5. The van der Waals surface area contributed by atoms with Crippen LogP contribution in [0.1, 0.15) is 40.0 Å². The number of carbonyl (C=O) groups excluding carboxylic acids is 1. The third kappa shape index (κ3) is 2.60. The van der Waals surface area contributed by atoms with Gasteiger partial charge in [0.25, 0.3) is 0 Å². The van der Waals surface area contributed by atoms with Crippen LogP contribution in [0.25, 0.3) is 5.57 Å². The molecule has 1 fully saturated rings. The summed E-state index contributed by atoms with van der Waals surface area (Å²) in [5.74, 6) is 0.112. The highest BCUT2D eigenvalue weighted by molar-refractivity contribution is 6.31. The van der Waals surface area contributed by atoms with Gasteiger partial charge in [-0.1, -0.05) is 29.3 Å². The van der Waals surface area contributed by atoms with Crippen LogP contribution in [-0.2, 0) is 6.42 Å². The van der Waals surface area contributed by atoms with Crippen molar-refractivity contribution in [1.29, 1.82) is 0 Å².